The molecule has 1 amide bonds. The minimum Gasteiger partial charge on any atom is -0.480 e. The smallest absolute Gasteiger partial charge is 0.410 e. The summed E-state index contributed by atoms with van der Waals surface area (Å²) in [4.78, 5) is 22.1. The van der Waals surface area contributed by atoms with Crippen LogP contribution >= 0.6 is 0 Å². The Balaban J connectivity index is 1.71. The number of likely N-dealkylation sites (tertiary alicyclic amines) is 1. The molecule has 1 aromatic rings. The highest BCUT2D eigenvalue weighted by molar-refractivity contribution is 5.68. The third-order valence-electron chi connectivity index (χ3n) is 3.79. The molecule has 0 bridgehead atoms. The van der Waals surface area contributed by atoms with E-state index in [1.54, 1.807) is 24.4 Å². The van der Waals surface area contributed by atoms with Crippen molar-refractivity contribution >= 4 is 6.09 Å². The molecular weight excluding hydrogens is 310 g/mol. The summed E-state index contributed by atoms with van der Waals surface area (Å²) < 4.78 is 16.3. The zero-order valence-corrected chi connectivity index (χ0v) is 14.9. The minimum absolute atomic E-state index is 0.230. The Labute approximate surface area is 143 Å². The lowest BCUT2D eigenvalue weighted by molar-refractivity contribution is 0.0101. The number of methoxy groups -OCH3 is 1. The van der Waals surface area contributed by atoms with Crippen LogP contribution in [0.15, 0.2) is 12.4 Å². The predicted molar refractivity (Wildman–Crippen MR) is 88.8 cm³/mol. The summed E-state index contributed by atoms with van der Waals surface area (Å²) in [7, 11) is 1.57. The fraction of sp³-hybridized carbons (Fsp3) is 0.706. The predicted octanol–water partition coefficient (Wildman–Crippen LogP) is 2.65. The summed E-state index contributed by atoms with van der Waals surface area (Å²) in [6.45, 7) is 8.07. The average Bonchev–Trinajstić information content (AvgIpc) is 2.54. The van der Waals surface area contributed by atoms with Gasteiger partial charge in [-0.3, -0.25) is 4.98 Å². The van der Waals surface area contributed by atoms with E-state index in [0.29, 0.717) is 43.8 Å². The number of hydrogen-bond donors (Lipinski definition) is 0. The highest BCUT2D eigenvalue weighted by atomic mass is 16.6. The van der Waals surface area contributed by atoms with Crippen LogP contribution in [0, 0.1) is 5.92 Å². The van der Waals surface area contributed by atoms with Gasteiger partial charge in [-0.25, -0.2) is 9.78 Å². The highest BCUT2D eigenvalue weighted by Crippen LogP contribution is 2.21. The van der Waals surface area contributed by atoms with Crippen molar-refractivity contribution in [2.45, 2.75) is 45.8 Å². The van der Waals surface area contributed by atoms with Gasteiger partial charge in [0.25, 0.3) is 0 Å². The Kier molecular flexibility index (Phi) is 6.36. The molecular formula is C17H27N3O4. The van der Waals surface area contributed by atoms with Gasteiger partial charge in [-0.2, -0.15) is 0 Å². The van der Waals surface area contributed by atoms with Crippen LogP contribution in [-0.4, -0.2) is 53.4 Å². The number of carbonyl (C=O) groups excluding carboxylic acids is 1. The van der Waals surface area contributed by atoms with E-state index >= 15 is 0 Å². The minimum atomic E-state index is -0.452. The molecule has 134 valence electrons. The van der Waals surface area contributed by atoms with E-state index in [9.17, 15) is 4.79 Å². The zero-order valence-electron chi connectivity index (χ0n) is 14.9. The number of nitrogens with zero attached hydrogens (tertiary/aromatic N) is 3. The van der Waals surface area contributed by atoms with Crippen LogP contribution in [0.2, 0.25) is 0 Å². The molecule has 7 heteroatoms. The van der Waals surface area contributed by atoms with Gasteiger partial charge in [-0.05, 0) is 39.5 Å². The molecule has 0 aliphatic carbocycles. The van der Waals surface area contributed by atoms with Crippen LogP contribution < -0.4 is 4.74 Å². The fourth-order valence-electron chi connectivity index (χ4n) is 2.55. The van der Waals surface area contributed by atoms with Gasteiger partial charge >= 0.3 is 6.09 Å². The molecule has 1 aromatic heterocycles. The monoisotopic (exact) mass is 337 g/mol. The van der Waals surface area contributed by atoms with Crippen LogP contribution in [0.3, 0.4) is 0 Å². The topological polar surface area (TPSA) is 73.8 Å². The van der Waals surface area contributed by atoms with Gasteiger partial charge in [0.2, 0.25) is 5.88 Å². The van der Waals surface area contributed by atoms with Crippen molar-refractivity contribution in [2.24, 2.45) is 5.92 Å². The molecule has 1 aliphatic heterocycles. The van der Waals surface area contributed by atoms with E-state index in [0.717, 1.165) is 12.8 Å². The normalized spacial score (nSPS) is 16.1. The molecule has 24 heavy (non-hydrogen) atoms. The fourth-order valence-corrected chi connectivity index (χ4v) is 2.55. The van der Waals surface area contributed by atoms with Gasteiger partial charge in [-0.1, -0.05) is 0 Å². The number of amides is 1. The van der Waals surface area contributed by atoms with E-state index in [-0.39, 0.29) is 6.09 Å². The standard InChI is InChI=1S/C17H27N3O4/c1-17(2,3)24-16(21)20-9-5-13(6-10-20)11-23-12-14-15(22-4)19-8-7-18-14/h7-8,13H,5-6,9-12H2,1-4H3. The Morgan fingerprint density at radius 2 is 1.92 bits per heavy atom. The SMILES string of the molecule is COc1nccnc1COCC1CCN(C(=O)OC(C)(C)C)CC1. The van der Waals surface area contributed by atoms with Crippen molar-refractivity contribution < 1.29 is 19.0 Å². The lowest BCUT2D eigenvalue weighted by atomic mass is 9.98. The molecule has 2 heterocycles. The maximum atomic E-state index is 12.0. The lowest BCUT2D eigenvalue weighted by Crippen LogP contribution is -2.42. The van der Waals surface area contributed by atoms with Crippen molar-refractivity contribution in [2.75, 3.05) is 26.8 Å². The van der Waals surface area contributed by atoms with Crippen LogP contribution in [-0.2, 0) is 16.1 Å². The van der Waals surface area contributed by atoms with Crippen molar-refractivity contribution in [3.63, 3.8) is 0 Å². The van der Waals surface area contributed by atoms with Crippen molar-refractivity contribution in [3.8, 4) is 5.88 Å². The molecule has 0 spiro atoms. The van der Waals surface area contributed by atoms with Gasteiger partial charge < -0.3 is 19.1 Å². The Hall–Kier alpha value is -1.89. The molecule has 1 fully saturated rings. The van der Waals surface area contributed by atoms with Gasteiger partial charge in [0.05, 0.1) is 20.3 Å². The first-order valence-corrected chi connectivity index (χ1v) is 8.28. The Bertz CT molecular complexity index is 537. The quantitative estimate of drug-likeness (QED) is 0.822. The highest BCUT2D eigenvalue weighted by Gasteiger charge is 2.26. The van der Waals surface area contributed by atoms with Crippen LogP contribution in [0.5, 0.6) is 5.88 Å². The van der Waals surface area contributed by atoms with Crippen LogP contribution in [0.25, 0.3) is 0 Å². The third kappa shape index (κ3) is 5.63. The van der Waals surface area contributed by atoms with E-state index in [4.69, 9.17) is 14.2 Å². The largest absolute Gasteiger partial charge is 0.480 e. The molecule has 1 aliphatic rings. The second kappa shape index (κ2) is 8.28. The van der Waals surface area contributed by atoms with E-state index in [1.165, 1.54) is 0 Å². The maximum absolute atomic E-state index is 12.0. The maximum Gasteiger partial charge on any atom is 0.410 e. The van der Waals surface area contributed by atoms with Crippen molar-refractivity contribution in [1.29, 1.82) is 0 Å². The molecule has 0 N–H and O–H groups in total. The number of piperidine rings is 1. The zero-order chi connectivity index (χ0) is 17.6. The van der Waals surface area contributed by atoms with Crippen LogP contribution in [0.4, 0.5) is 4.79 Å². The Morgan fingerprint density at radius 1 is 1.25 bits per heavy atom. The first-order chi connectivity index (χ1) is 11.4. The van der Waals surface area contributed by atoms with Gasteiger partial charge in [-0.15, -0.1) is 0 Å². The van der Waals surface area contributed by atoms with Gasteiger partial charge in [0.15, 0.2) is 0 Å². The number of hydrogen-bond acceptors (Lipinski definition) is 6. The first kappa shape index (κ1) is 18.4. The summed E-state index contributed by atoms with van der Waals surface area (Å²) in [5.74, 6) is 0.934. The average molecular weight is 337 g/mol. The number of carbonyl (C=O) groups is 1. The molecule has 0 saturated carbocycles. The lowest BCUT2D eigenvalue weighted by Gasteiger charge is -2.33. The summed E-state index contributed by atoms with van der Waals surface area (Å²) in [6.07, 6.45) is 4.81. The molecule has 1 saturated heterocycles. The molecule has 2 rings (SSSR count). The van der Waals surface area contributed by atoms with E-state index in [2.05, 4.69) is 9.97 Å². The molecule has 0 aromatic carbocycles. The van der Waals surface area contributed by atoms with E-state index in [1.807, 2.05) is 20.8 Å². The van der Waals surface area contributed by atoms with Crippen molar-refractivity contribution in [3.05, 3.63) is 18.1 Å². The van der Waals surface area contributed by atoms with E-state index < -0.39 is 5.60 Å². The molecule has 0 atom stereocenters. The van der Waals surface area contributed by atoms with Gasteiger partial charge in [0.1, 0.15) is 11.3 Å². The second-order valence-corrected chi connectivity index (χ2v) is 6.94. The summed E-state index contributed by atoms with van der Waals surface area (Å²) in [6, 6.07) is 0. The number of rotatable bonds is 5. The van der Waals surface area contributed by atoms with Gasteiger partial charge in [0, 0.05) is 25.5 Å². The molecule has 7 nitrogen and oxygen atoms in total. The van der Waals surface area contributed by atoms with Crippen LogP contribution in [0.1, 0.15) is 39.3 Å². The summed E-state index contributed by atoms with van der Waals surface area (Å²) in [5, 5.41) is 0. The Morgan fingerprint density at radius 3 is 2.54 bits per heavy atom. The second-order valence-electron chi connectivity index (χ2n) is 6.94. The first-order valence-electron chi connectivity index (χ1n) is 8.28. The third-order valence-corrected chi connectivity index (χ3v) is 3.79. The summed E-state index contributed by atoms with van der Waals surface area (Å²) >= 11 is 0. The summed E-state index contributed by atoms with van der Waals surface area (Å²) in [5.41, 5.74) is 0.249. The number of ether oxygens (including phenoxy) is 3. The molecule has 0 unspecified atom stereocenters. The number of aromatic nitrogens is 2. The van der Waals surface area contributed by atoms with Crippen molar-refractivity contribution in [1.82, 2.24) is 14.9 Å². The molecule has 0 radical (unpaired) electrons.